The molecule has 0 unspecified atom stereocenters. The van der Waals surface area contributed by atoms with Crippen molar-refractivity contribution in [2.24, 2.45) is 10.7 Å². The van der Waals surface area contributed by atoms with Crippen molar-refractivity contribution in [2.45, 2.75) is 18.9 Å². The van der Waals surface area contributed by atoms with E-state index in [0.717, 1.165) is 12.1 Å². The number of hydrogen-bond acceptors (Lipinski definition) is 6. The van der Waals surface area contributed by atoms with Gasteiger partial charge in [0.1, 0.15) is 29.7 Å². The van der Waals surface area contributed by atoms with E-state index in [1.807, 2.05) is 0 Å². The Morgan fingerprint density at radius 2 is 2.10 bits per heavy atom. The smallest absolute Gasteiger partial charge is 0.274 e. The van der Waals surface area contributed by atoms with Crippen molar-refractivity contribution in [1.82, 2.24) is 4.98 Å². The van der Waals surface area contributed by atoms with Crippen molar-refractivity contribution in [1.29, 1.82) is 0 Å². The third-order valence-electron chi connectivity index (χ3n) is 4.47. The van der Waals surface area contributed by atoms with Gasteiger partial charge in [0, 0.05) is 11.3 Å². The van der Waals surface area contributed by atoms with Crippen molar-refractivity contribution in [3.05, 3.63) is 53.1 Å². The lowest BCUT2D eigenvalue weighted by Crippen LogP contribution is -2.45. The van der Waals surface area contributed by atoms with E-state index < -0.39 is 35.9 Å². The van der Waals surface area contributed by atoms with Gasteiger partial charge in [-0.05, 0) is 36.8 Å². The van der Waals surface area contributed by atoms with Gasteiger partial charge < -0.3 is 20.5 Å². The number of aryl methyl sites for hydroxylation is 1. The summed E-state index contributed by atoms with van der Waals surface area (Å²) in [6.45, 7) is 1.01. The first-order valence-electron chi connectivity index (χ1n) is 8.59. The minimum atomic E-state index is -3.08. The van der Waals surface area contributed by atoms with Crippen molar-refractivity contribution < 1.29 is 27.4 Å². The molecule has 1 amide bonds. The van der Waals surface area contributed by atoms with Crippen LogP contribution in [0.3, 0.4) is 0 Å². The van der Waals surface area contributed by atoms with Crippen LogP contribution in [0.1, 0.15) is 21.6 Å². The van der Waals surface area contributed by atoms with Crippen molar-refractivity contribution in [3.8, 4) is 5.75 Å². The van der Waals surface area contributed by atoms with Crippen LogP contribution >= 0.6 is 12.4 Å². The number of amides is 1. The van der Waals surface area contributed by atoms with Crippen molar-refractivity contribution >= 4 is 29.8 Å². The number of carbonyl (C=O) groups is 1. The van der Waals surface area contributed by atoms with E-state index in [4.69, 9.17) is 15.2 Å². The maximum atomic E-state index is 14.5. The summed E-state index contributed by atoms with van der Waals surface area (Å²) in [6, 6.07) is 4.96. The number of pyridine rings is 1. The normalized spacial score (nSPS) is 18.4. The summed E-state index contributed by atoms with van der Waals surface area (Å²) >= 11 is 0. The van der Waals surface area contributed by atoms with Crippen LogP contribution in [0.15, 0.2) is 35.5 Å². The van der Waals surface area contributed by atoms with Crippen LogP contribution in [0.2, 0.25) is 0 Å². The van der Waals surface area contributed by atoms with Crippen LogP contribution in [0.25, 0.3) is 0 Å². The van der Waals surface area contributed by atoms with E-state index in [2.05, 4.69) is 15.3 Å². The number of benzene rings is 1. The van der Waals surface area contributed by atoms with Crippen molar-refractivity contribution in [2.75, 3.05) is 25.6 Å². The van der Waals surface area contributed by atoms with E-state index in [1.165, 1.54) is 19.4 Å². The Morgan fingerprint density at radius 3 is 2.70 bits per heavy atom. The van der Waals surface area contributed by atoms with E-state index >= 15 is 0 Å². The molecular weight excluding hydrogens is 425 g/mol. The number of amidine groups is 1. The zero-order valence-electron chi connectivity index (χ0n) is 16.1. The second-order valence-corrected chi connectivity index (χ2v) is 6.51. The van der Waals surface area contributed by atoms with Crippen LogP contribution in [0.5, 0.6) is 5.75 Å². The molecule has 30 heavy (non-hydrogen) atoms. The average Bonchev–Trinajstić information content (AvgIpc) is 2.68. The van der Waals surface area contributed by atoms with E-state index in [0.29, 0.717) is 11.3 Å². The molecule has 1 aliphatic rings. The van der Waals surface area contributed by atoms with E-state index in [9.17, 15) is 18.0 Å². The fourth-order valence-electron chi connectivity index (χ4n) is 3.02. The Labute approximate surface area is 176 Å². The third kappa shape index (κ3) is 4.49. The first kappa shape index (κ1) is 23.4. The molecule has 0 fully saturated rings. The Morgan fingerprint density at radius 1 is 1.37 bits per heavy atom. The molecule has 0 aliphatic carbocycles. The second-order valence-electron chi connectivity index (χ2n) is 6.51. The Balaban J connectivity index is 0.00000320. The molecule has 0 spiro atoms. The highest BCUT2D eigenvalue weighted by Gasteiger charge is 2.46. The predicted octanol–water partition coefficient (Wildman–Crippen LogP) is 3.06. The molecule has 1 atom stereocenters. The number of ether oxygens (including phenoxy) is 2. The number of hydrogen-bond donors (Lipinski definition) is 2. The van der Waals surface area contributed by atoms with Crippen molar-refractivity contribution in [3.63, 3.8) is 0 Å². The highest BCUT2D eigenvalue weighted by Crippen LogP contribution is 2.38. The fraction of sp³-hybridized carbons (Fsp3) is 0.316. The summed E-state index contributed by atoms with van der Waals surface area (Å²) in [6.07, 6.45) is -1.70. The predicted molar refractivity (Wildman–Crippen MR) is 107 cm³/mol. The number of nitrogens with zero attached hydrogens (tertiary/aromatic N) is 2. The van der Waals surface area contributed by atoms with Gasteiger partial charge >= 0.3 is 0 Å². The number of alkyl halides is 2. The number of halogens is 4. The monoisotopic (exact) mass is 444 g/mol. The van der Waals surface area contributed by atoms with E-state index in [1.54, 1.807) is 13.0 Å². The second kappa shape index (κ2) is 9.31. The van der Waals surface area contributed by atoms with Gasteiger partial charge in [0.2, 0.25) is 0 Å². The number of nitrogens with two attached hydrogens (primary N) is 1. The number of carbonyl (C=O) groups excluding carboxylic acids is 1. The number of nitrogens with one attached hydrogen (secondary N) is 1. The topological polar surface area (TPSA) is 98.8 Å². The third-order valence-corrected chi connectivity index (χ3v) is 4.47. The van der Waals surface area contributed by atoms with Gasteiger partial charge in [-0.25, -0.2) is 18.2 Å². The molecule has 11 heteroatoms. The highest BCUT2D eigenvalue weighted by molar-refractivity contribution is 6.03. The minimum Gasteiger partial charge on any atom is -0.495 e. The molecular formula is C19H20ClF3N4O3. The molecule has 1 aliphatic heterocycles. The minimum absolute atomic E-state index is 0. The van der Waals surface area contributed by atoms with Gasteiger partial charge in [-0.2, -0.15) is 0 Å². The molecule has 7 nitrogen and oxygen atoms in total. The van der Waals surface area contributed by atoms with Crippen LogP contribution in [-0.2, 0) is 10.3 Å². The van der Waals surface area contributed by atoms with Crippen LogP contribution < -0.4 is 15.8 Å². The molecule has 2 aromatic rings. The molecule has 1 aromatic carbocycles. The molecule has 3 N–H and O–H groups in total. The maximum Gasteiger partial charge on any atom is 0.274 e. The SMILES string of the molecule is COc1cnc(C(=O)Nc2ccc(F)c([C@]3(C(F)F)COCC(N)=N3)c2)c(C)c1.Cl. The lowest BCUT2D eigenvalue weighted by molar-refractivity contribution is -0.0145. The Bertz CT molecular complexity index is 974. The lowest BCUT2D eigenvalue weighted by atomic mass is 9.90. The van der Waals surface area contributed by atoms with Gasteiger partial charge in [-0.15, -0.1) is 12.4 Å². The quantitative estimate of drug-likeness (QED) is 0.738. The lowest BCUT2D eigenvalue weighted by Gasteiger charge is -2.33. The van der Waals surface area contributed by atoms with Crippen LogP contribution in [0.4, 0.5) is 18.9 Å². The molecule has 1 aromatic heterocycles. The van der Waals surface area contributed by atoms with Gasteiger partial charge in [-0.1, -0.05) is 0 Å². The number of aliphatic imine (C=N–C) groups is 1. The van der Waals surface area contributed by atoms with Gasteiger partial charge in [0.25, 0.3) is 12.3 Å². The number of rotatable bonds is 5. The first-order chi connectivity index (χ1) is 13.8. The largest absolute Gasteiger partial charge is 0.495 e. The summed E-state index contributed by atoms with van der Waals surface area (Å²) < 4.78 is 52.3. The highest BCUT2D eigenvalue weighted by atomic mass is 35.5. The molecule has 0 saturated carbocycles. The summed E-state index contributed by atoms with van der Waals surface area (Å²) in [5.41, 5.74) is 3.60. The Hall–Kier alpha value is -2.85. The van der Waals surface area contributed by atoms with Gasteiger partial charge in [-0.3, -0.25) is 9.79 Å². The molecule has 162 valence electrons. The molecule has 0 saturated heterocycles. The maximum absolute atomic E-state index is 14.5. The summed E-state index contributed by atoms with van der Waals surface area (Å²) in [5.74, 6) is -1.18. The summed E-state index contributed by atoms with van der Waals surface area (Å²) in [4.78, 5) is 20.4. The van der Waals surface area contributed by atoms with Crippen LogP contribution in [-0.4, -0.2) is 43.5 Å². The fourth-order valence-corrected chi connectivity index (χ4v) is 3.02. The Kier molecular flexibility index (Phi) is 7.27. The number of methoxy groups -OCH3 is 1. The summed E-state index contributed by atoms with van der Waals surface area (Å²) in [5, 5.41) is 2.54. The van der Waals surface area contributed by atoms with E-state index in [-0.39, 0.29) is 36.2 Å². The average molecular weight is 445 g/mol. The molecule has 2 heterocycles. The number of aromatic nitrogens is 1. The zero-order valence-corrected chi connectivity index (χ0v) is 16.9. The zero-order chi connectivity index (χ0) is 21.2. The standard InChI is InChI=1S/C19H19F3N4O3.ClH/c1-10-5-12(28-2)7-24-16(10)17(27)25-11-3-4-14(20)13(6-11)19(18(21)22)9-29-8-15(23)26-19;/h3-7,18H,8-9H2,1-2H3,(H2,23,26)(H,25,27);1H/t19-;/m0./s1. The first-order valence-corrected chi connectivity index (χ1v) is 8.59. The molecule has 0 bridgehead atoms. The number of anilines is 1. The molecule has 0 radical (unpaired) electrons. The van der Waals surface area contributed by atoms with Crippen LogP contribution in [0, 0.1) is 12.7 Å². The van der Waals surface area contributed by atoms with Gasteiger partial charge in [0.05, 0.1) is 19.9 Å². The van der Waals surface area contributed by atoms with Gasteiger partial charge in [0.15, 0.2) is 5.54 Å². The summed E-state index contributed by atoms with van der Waals surface area (Å²) in [7, 11) is 1.47. The molecule has 3 rings (SSSR count).